The number of nitrogens with one attached hydrogen (secondary N) is 1. The summed E-state index contributed by atoms with van der Waals surface area (Å²) in [6.45, 7) is 6.00. The first-order chi connectivity index (χ1) is 14.8. The van der Waals surface area contributed by atoms with Gasteiger partial charge >= 0.3 is 0 Å². The zero-order chi connectivity index (χ0) is 22.3. The van der Waals surface area contributed by atoms with Crippen molar-refractivity contribution < 1.29 is 13.2 Å². The maximum Gasteiger partial charge on any atom is 0.232 e. The molecule has 0 unspecified atom stereocenters. The molecule has 1 fully saturated rings. The monoisotopic (exact) mass is 443 g/mol. The number of amides is 1. The van der Waals surface area contributed by atoms with Crippen LogP contribution in [0, 0.1) is 6.92 Å². The molecule has 0 saturated carbocycles. The molecule has 1 N–H and O–H groups in total. The molecule has 2 aromatic carbocycles. The van der Waals surface area contributed by atoms with Crippen molar-refractivity contribution in [2.75, 3.05) is 30.2 Å². The lowest BCUT2D eigenvalue weighted by molar-refractivity contribution is -0.121. The molecule has 1 saturated heterocycles. The number of hydrogen-bond acceptors (Lipinski definition) is 4. The maximum atomic E-state index is 12.3. The van der Waals surface area contributed by atoms with Crippen LogP contribution in [0.5, 0.6) is 0 Å². The summed E-state index contributed by atoms with van der Waals surface area (Å²) in [5.41, 5.74) is 3.93. The van der Waals surface area contributed by atoms with E-state index in [1.54, 1.807) is 6.07 Å². The first-order valence-corrected chi connectivity index (χ1v) is 12.8. The average molecular weight is 444 g/mol. The Balaban J connectivity index is 1.44. The largest absolute Gasteiger partial charge is 0.352 e. The Hall–Kier alpha value is -2.38. The number of carbonyl (C=O) groups excluding carboxylic acids is 1. The van der Waals surface area contributed by atoms with Crippen molar-refractivity contribution in [2.24, 2.45) is 0 Å². The molecule has 0 aromatic heterocycles. The van der Waals surface area contributed by atoms with Crippen LogP contribution < -0.4 is 9.62 Å². The van der Waals surface area contributed by atoms with Gasteiger partial charge in [0.05, 0.1) is 11.9 Å². The minimum atomic E-state index is -3.41. The van der Waals surface area contributed by atoms with Gasteiger partial charge in [-0.3, -0.25) is 14.0 Å². The van der Waals surface area contributed by atoms with Crippen LogP contribution >= 0.6 is 0 Å². The third-order valence-corrected chi connectivity index (χ3v) is 6.85. The number of sulfonamides is 1. The van der Waals surface area contributed by atoms with Gasteiger partial charge in [-0.05, 0) is 62.0 Å². The fourth-order valence-electron chi connectivity index (χ4n) is 3.94. The first kappa shape index (κ1) is 23.3. The molecule has 1 aliphatic rings. The topological polar surface area (TPSA) is 69.7 Å². The van der Waals surface area contributed by atoms with Crippen LogP contribution in [0.25, 0.3) is 0 Å². The Labute approximate surface area is 186 Å². The fraction of sp³-hybridized carbons (Fsp3) is 0.458. The number of benzene rings is 2. The second-order valence-corrected chi connectivity index (χ2v) is 10.2. The van der Waals surface area contributed by atoms with Gasteiger partial charge in [-0.1, -0.05) is 42.5 Å². The number of para-hydroxylation sites is 1. The summed E-state index contributed by atoms with van der Waals surface area (Å²) in [6.07, 6.45) is 4.52. The summed E-state index contributed by atoms with van der Waals surface area (Å²) in [5.74, 6) is -0.0700. The van der Waals surface area contributed by atoms with Crippen molar-refractivity contribution in [1.82, 2.24) is 10.2 Å². The molecule has 1 aliphatic heterocycles. The third kappa shape index (κ3) is 7.08. The molecule has 0 radical (unpaired) electrons. The van der Waals surface area contributed by atoms with E-state index in [1.807, 2.05) is 25.1 Å². The van der Waals surface area contributed by atoms with E-state index in [1.165, 1.54) is 42.1 Å². The van der Waals surface area contributed by atoms with Crippen LogP contribution in [0.1, 0.15) is 42.4 Å². The molecule has 0 bridgehead atoms. The van der Waals surface area contributed by atoms with E-state index in [2.05, 4.69) is 34.5 Å². The van der Waals surface area contributed by atoms with E-state index in [9.17, 15) is 13.2 Å². The van der Waals surface area contributed by atoms with Crippen molar-refractivity contribution in [3.05, 3.63) is 65.2 Å². The quantitative estimate of drug-likeness (QED) is 0.611. The predicted molar refractivity (Wildman–Crippen MR) is 125 cm³/mol. The predicted octanol–water partition coefficient (Wildman–Crippen LogP) is 3.45. The van der Waals surface area contributed by atoms with E-state index < -0.39 is 10.0 Å². The average Bonchev–Trinajstić information content (AvgIpc) is 3.24. The Morgan fingerprint density at radius 3 is 2.32 bits per heavy atom. The van der Waals surface area contributed by atoms with Crippen LogP contribution in [-0.2, 0) is 27.9 Å². The van der Waals surface area contributed by atoms with Gasteiger partial charge in [-0.25, -0.2) is 8.42 Å². The van der Waals surface area contributed by atoms with Crippen LogP contribution in [0.3, 0.4) is 0 Å². The smallest absolute Gasteiger partial charge is 0.232 e. The molecule has 0 atom stereocenters. The highest BCUT2D eigenvalue weighted by atomic mass is 32.2. The Bertz CT molecular complexity index is 968. The second-order valence-electron chi connectivity index (χ2n) is 8.30. The van der Waals surface area contributed by atoms with Gasteiger partial charge in [0.25, 0.3) is 0 Å². The molecular weight excluding hydrogens is 410 g/mol. The van der Waals surface area contributed by atoms with Gasteiger partial charge in [0.15, 0.2) is 0 Å². The Kier molecular flexibility index (Phi) is 8.09. The number of rotatable bonds is 10. The van der Waals surface area contributed by atoms with Gasteiger partial charge < -0.3 is 5.32 Å². The van der Waals surface area contributed by atoms with E-state index in [0.29, 0.717) is 18.7 Å². The number of carbonyl (C=O) groups is 1. The lowest BCUT2D eigenvalue weighted by Gasteiger charge is -2.24. The summed E-state index contributed by atoms with van der Waals surface area (Å²) in [6, 6.07) is 15.8. The van der Waals surface area contributed by atoms with E-state index in [-0.39, 0.29) is 18.9 Å². The summed E-state index contributed by atoms with van der Waals surface area (Å²) >= 11 is 0. The maximum absolute atomic E-state index is 12.3. The molecular formula is C24H33N3O3S. The van der Waals surface area contributed by atoms with Crippen LogP contribution in [0.15, 0.2) is 48.5 Å². The minimum Gasteiger partial charge on any atom is -0.352 e. The molecule has 6 nitrogen and oxygen atoms in total. The van der Waals surface area contributed by atoms with Crippen molar-refractivity contribution in [2.45, 2.75) is 45.7 Å². The van der Waals surface area contributed by atoms with E-state index in [0.717, 1.165) is 17.7 Å². The van der Waals surface area contributed by atoms with Crippen LogP contribution in [0.2, 0.25) is 0 Å². The number of anilines is 1. The normalized spacial score (nSPS) is 14.5. The summed E-state index contributed by atoms with van der Waals surface area (Å²) in [7, 11) is -3.41. The van der Waals surface area contributed by atoms with Crippen molar-refractivity contribution >= 4 is 21.6 Å². The van der Waals surface area contributed by atoms with Crippen LogP contribution in [-0.4, -0.2) is 45.1 Å². The van der Waals surface area contributed by atoms with E-state index in [4.69, 9.17) is 0 Å². The highest BCUT2D eigenvalue weighted by Crippen LogP contribution is 2.22. The Morgan fingerprint density at radius 2 is 1.68 bits per heavy atom. The van der Waals surface area contributed by atoms with Crippen LogP contribution in [0.4, 0.5) is 5.69 Å². The minimum absolute atomic E-state index is 0.0700. The molecule has 168 valence electrons. The molecule has 1 heterocycles. The molecule has 2 aromatic rings. The summed E-state index contributed by atoms with van der Waals surface area (Å²) in [4.78, 5) is 14.7. The highest BCUT2D eigenvalue weighted by Gasteiger charge is 2.19. The fourth-order valence-corrected chi connectivity index (χ4v) is 4.96. The van der Waals surface area contributed by atoms with Gasteiger partial charge in [0, 0.05) is 26.1 Å². The third-order valence-electron chi connectivity index (χ3n) is 5.67. The number of aryl methyl sites for hydroxylation is 1. The molecule has 3 rings (SSSR count). The van der Waals surface area contributed by atoms with Crippen molar-refractivity contribution in [1.29, 1.82) is 0 Å². The number of nitrogens with zero attached hydrogens (tertiary/aromatic N) is 2. The Morgan fingerprint density at radius 1 is 1.03 bits per heavy atom. The zero-order valence-corrected chi connectivity index (χ0v) is 19.3. The highest BCUT2D eigenvalue weighted by molar-refractivity contribution is 7.92. The van der Waals surface area contributed by atoms with Gasteiger partial charge in [-0.15, -0.1) is 0 Å². The SMILES string of the molecule is Cc1ccccc1N(CCCC(=O)NCc1ccc(CN2CCCC2)cc1)S(C)(=O)=O. The van der Waals surface area contributed by atoms with Gasteiger partial charge in [0.2, 0.25) is 15.9 Å². The first-order valence-electron chi connectivity index (χ1n) is 10.9. The number of likely N-dealkylation sites (tertiary alicyclic amines) is 1. The molecule has 7 heteroatoms. The zero-order valence-electron chi connectivity index (χ0n) is 18.5. The molecule has 0 spiro atoms. The van der Waals surface area contributed by atoms with Crippen molar-refractivity contribution in [3.63, 3.8) is 0 Å². The summed E-state index contributed by atoms with van der Waals surface area (Å²) < 4.78 is 25.8. The molecule has 31 heavy (non-hydrogen) atoms. The van der Waals surface area contributed by atoms with Gasteiger partial charge in [-0.2, -0.15) is 0 Å². The molecule has 1 amide bonds. The standard InChI is InChI=1S/C24H33N3O3S/c1-20-8-3-4-9-23(20)27(31(2,29)30)17-7-10-24(28)25-18-21-11-13-22(14-12-21)19-26-15-5-6-16-26/h3-4,8-9,11-14H,5-7,10,15-19H2,1-2H3,(H,25,28). The molecule has 0 aliphatic carbocycles. The van der Waals surface area contributed by atoms with E-state index >= 15 is 0 Å². The van der Waals surface area contributed by atoms with Gasteiger partial charge in [0.1, 0.15) is 0 Å². The lowest BCUT2D eigenvalue weighted by Crippen LogP contribution is -2.32. The summed E-state index contributed by atoms with van der Waals surface area (Å²) in [5, 5.41) is 2.94. The van der Waals surface area contributed by atoms with Crippen molar-refractivity contribution in [3.8, 4) is 0 Å². The second kappa shape index (κ2) is 10.8. The number of hydrogen-bond donors (Lipinski definition) is 1. The lowest BCUT2D eigenvalue weighted by atomic mass is 10.1.